The minimum Gasteiger partial charge on any atom is -0.868 e. The molecule has 0 atom stereocenters. The van der Waals surface area contributed by atoms with Gasteiger partial charge in [-0.2, -0.15) is 0 Å². The van der Waals surface area contributed by atoms with Crippen LogP contribution in [-0.2, 0) is 11.3 Å². The normalized spacial score (nSPS) is 16.9. The Kier molecular flexibility index (Phi) is 3.55. The summed E-state index contributed by atoms with van der Waals surface area (Å²) in [4.78, 5) is 11.3. The number of benzene rings is 1. The zero-order valence-electron chi connectivity index (χ0n) is 9.35. The molecule has 1 aromatic carbocycles. The first-order valence-electron chi connectivity index (χ1n) is 5.52. The minimum absolute atomic E-state index is 0.338. The Morgan fingerprint density at radius 3 is 2.71 bits per heavy atom. The van der Waals surface area contributed by atoms with Gasteiger partial charge in [0.25, 0.3) is 5.69 Å². The van der Waals surface area contributed by atoms with E-state index in [1.54, 1.807) is 6.07 Å². The van der Waals surface area contributed by atoms with Gasteiger partial charge in [0.05, 0.1) is 18.1 Å². The van der Waals surface area contributed by atoms with Gasteiger partial charge in [0, 0.05) is 11.6 Å². The molecule has 1 aromatic rings. The van der Waals surface area contributed by atoms with Crippen molar-refractivity contribution in [3.63, 3.8) is 0 Å². The van der Waals surface area contributed by atoms with E-state index >= 15 is 0 Å². The SMILES string of the molecule is O=[N+]([O-])c1cc(C[NH+]2CCOCC2)ccc1[O-]. The van der Waals surface area contributed by atoms with E-state index in [-0.39, 0.29) is 5.69 Å². The molecule has 0 unspecified atom stereocenters. The van der Waals surface area contributed by atoms with Crippen LogP contribution in [0.4, 0.5) is 5.69 Å². The average Bonchev–Trinajstić information content (AvgIpc) is 2.32. The lowest BCUT2D eigenvalue weighted by molar-refractivity contribution is -0.921. The monoisotopic (exact) mass is 238 g/mol. The second kappa shape index (κ2) is 5.11. The molecule has 1 aliphatic rings. The van der Waals surface area contributed by atoms with Crippen molar-refractivity contribution in [3.8, 4) is 5.75 Å². The number of morpholine rings is 1. The lowest BCUT2D eigenvalue weighted by Crippen LogP contribution is -3.12. The molecule has 2 rings (SSSR count). The summed E-state index contributed by atoms with van der Waals surface area (Å²) in [5.41, 5.74) is 0.489. The number of hydrogen-bond donors (Lipinski definition) is 1. The van der Waals surface area contributed by atoms with Gasteiger partial charge in [-0.3, -0.25) is 10.1 Å². The van der Waals surface area contributed by atoms with Crippen molar-refractivity contribution in [3.05, 3.63) is 33.9 Å². The molecule has 1 saturated heterocycles. The van der Waals surface area contributed by atoms with Crippen molar-refractivity contribution in [2.45, 2.75) is 6.54 Å². The molecule has 1 N–H and O–H groups in total. The molecule has 0 radical (unpaired) electrons. The van der Waals surface area contributed by atoms with E-state index in [1.165, 1.54) is 17.0 Å². The van der Waals surface area contributed by atoms with Crippen molar-refractivity contribution >= 4 is 5.69 Å². The minimum atomic E-state index is -0.625. The number of nitro groups is 1. The number of nitrogens with one attached hydrogen (secondary N) is 1. The summed E-state index contributed by atoms with van der Waals surface area (Å²) < 4.78 is 5.24. The third-order valence-corrected chi connectivity index (χ3v) is 2.87. The maximum atomic E-state index is 11.2. The molecule has 92 valence electrons. The fraction of sp³-hybridized carbons (Fsp3) is 0.455. The summed E-state index contributed by atoms with van der Waals surface area (Å²) in [6.07, 6.45) is 0. The Morgan fingerprint density at radius 1 is 1.35 bits per heavy atom. The highest BCUT2D eigenvalue weighted by molar-refractivity contribution is 5.46. The van der Waals surface area contributed by atoms with Crippen LogP contribution in [0.25, 0.3) is 0 Å². The van der Waals surface area contributed by atoms with Crippen LogP contribution in [-0.4, -0.2) is 31.2 Å². The molecule has 0 amide bonds. The Labute approximate surface area is 98.6 Å². The quantitative estimate of drug-likeness (QED) is 0.545. The highest BCUT2D eigenvalue weighted by atomic mass is 16.6. The highest BCUT2D eigenvalue weighted by Crippen LogP contribution is 2.23. The van der Waals surface area contributed by atoms with E-state index in [0.717, 1.165) is 31.9 Å². The Morgan fingerprint density at radius 2 is 2.06 bits per heavy atom. The van der Waals surface area contributed by atoms with Gasteiger partial charge in [-0.15, -0.1) is 0 Å². The molecule has 0 bridgehead atoms. The van der Waals surface area contributed by atoms with E-state index in [0.29, 0.717) is 6.54 Å². The first kappa shape index (κ1) is 11.8. The van der Waals surface area contributed by atoms with Crippen LogP contribution < -0.4 is 10.0 Å². The van der Waals surface area contributed by atoms with Crippen molar-refractivity contribution in [1.29, 1.82) is 0 Å². The number of rotatable bonds is 3. The molecule has 1 fully saturated rings. The van der Waals surface area contributed by atoms with Gasteiger partial charge in [-0.25, -0.2) is 0 Å². The van der Waals surface area contributed by atoms with Gasteiger partial charge in [0.15, 0.2) is 0 Å². The van der Waals surface area contributed by atoms with Gasteiger partial charge in [-0.05, 0) is 5.75 Å². The summed E-state index contributed by atoms with van der Waals surface area (Å²) in [5, 5.41) is 21.9. The number of nitrogens with zero attached hydrogens (tertiary/aromatic N) is 1. The summed E-state index contributed by atoms with van der Waals surface area (Å²) in [7, 11) is 0. The molecule has 6 nitrogen and oxygen atoms in total. The lowest BCUT2D eigenvalue weighted by atomic mass is 10.1. The molecule has 17 heavy (non-hydrogen) atoms. The average molecular weight is 238 g/mol. The molecule has 0 spiro atoms. The molecular weight excluding hydrogens is 224 g/mol. The first-order chi connectivity index (χ1) is 8.16. The van der Waals surface area contributed by atoms with Crippen molar-refractivity contribution < 1.29 is 19.7 Å². The molecule has 0 aliphatic carbocycles. The molecule has 1 aliphatic heterocycles. The topological polar surface area (TPSA) is 79.9 Å². The smallest absolute Gasteiger partial charge is 0.262 e. The third kappa shape index (κ3) is 2.92. The second-order valence-electron chi connectivity index (χ2n) is 4.10. The largest absolute Gasteiger partial charge is 0.868 e. The standard InChI is InChI=1S/C11H14N2O4/c14-11-2-1-9(7-10(11)13(15)16)8-12-3-5-17-6-4-12/h1-2,7,14H,3-6,8H2. The zero-order chi connectivity index (χ0) is 12.3. The van der Waals surface area contributed by atoms with Gasteiger partial charge >= 0.3 is 0 Å². The second-order valence-corrected chi connectivity index (χ2v) is 4.10. The van der Waals surface area contributed by atoms with Gasteiger partial charge in [-0.1, -0.05) is 12.1 Å². The summed E-state index contributed by atoms with van der Waals surface area (Å²) in [6, 6.07) is 4.32. The number of hydrogen-bond acceptors (Lipinski definition) is 4. The van der Waals surface area contributed by atoms with Crippen LogP contribution in [0, 0.1) is 10.1 Å². The highest BCUT2D eigenvalue weighted by Gasteiger charge is 2.16. The van der Waals surface area contributed by atoms with Gasteiger partial charge in [0.2, 0.25) is 0 Å². The van der Waals surface area contributed by atoms with Crippen molar-refractivity contribution in [2.75, 3.05) is 26.3 Å². The number of nitro benzene ring substituents is 1. The van der Waals surface area contributed by atoms with E-state index in [9.17, 15) is 15.2 Å². The number of ether oxygens (including phenoxy) is 1. The summed E-state index contributed by atoms with van der Waals surface area (Å²) >= 11 is 0. The summed E-state index contributed by atoms with van der Waals surface area (Å²) in [6.45, 7) is 3.93. The van der Waals surface area contributed by atoms with Crippen LogP contribution in [0.2, 0.25) is 0 Å². The van der Waals surface area contributed by atoms with E-state index in [1.807, 2.05) is 0 Å². The van der Waals surface area contributed by atoms with Crippen molar-refractivity contribution in [2.24, 2.45) is 0 Å². The van der Waals surface area contributed by atoms with Crippen LogP contribution in [0.15, 0.2) is 18.2 Å². The van der Waals surface area contributed by atoms with Crippen LogP contribution in [0.1, 0.15) is 5.56 Å². The molecule has 0 saturated carbocycles. The maximum absolute atomic E-state index is 11.2. The molecule has 6 heteroatoms. The Bertz CT molecular complexity index is 416. The maximum Gasteiger partial charge on any atom is 0.262 e. The predicted octanol–water partition coefficient (Wildman–Crippen LogP) is -0.916. The lowest BCUT2D eigenvalue weighted by Gasteiger charge is -2.23. The molecular formula is C11H14N2O4. The fourth-order valence-corrected chi connectivity index (χ4v) is 1.94. The Balaban J connectivity index is 2.10. The third-order valence-electron chi connectivity index (χ3n) is 2.87. The van der Waals surface area contributed by atoms with Gasteiger partial charge in [0.1, 0.15) is 19.6 Å². The van der Waals surface area contributed by atoms with Crippen molar-refractivity contribution in [1.82, 2.24) is 0 Å². The molecule has 1 heterocycles. The van der Waals surface area contributed by atoms with Crippen LogP contribution in [0.5, 0.6) is 5.75 Å². The summed E-state index contributed by atoms with van der Waals surface area (Å²) in [5.74, 6) is -0.532. The Hall–Kier alpha value is -1.66. The van der Waals surface area contributed by atoms with E-state index in [4.69, 9.17) is 4.74 Å². The van der Waals surface area contributed by atoms with Gasteiger partial charge < -0.3 is 14.7 Å². The zero-order valence-corrected chi connectivity index (χ0v) is 9.35. The van der Waals surface area contributed by atoms with E-state index < -0.39 is 10.7 Å². The predicted molar refractivity (Wildman–Crippen MR) is 57.8 cm³/mol. The van der Waals surface area contributed by atoms with Crippen LogP contribution >= 0.6 is 0 Å². The van der Waals surface area contributed by atoms with Crippen LogP contribution in [0.3, 0.4) is 0 Å². The number of quaternary nitrogens is 1. The fourth-order valence-electron chi connectivity index (χ4n) is 1.94. The molecule has 0 aromatic heterocycles. The first-order valence-corrected chi connectivity index (χ1v) is 5.52. The van der Waals surface area contributed by atoms with E-state index in [2.05, 4.69) is 0 Å².